The van der Waals surface area contributed by atoms with E-state index >= 15 is 0 Å². The lowest BCUT2D eigenvalue weighted by Crippen LogP contribution is -1.92. The normalized spacial score (nSPS) is 30.3. The van der Waals surface area contributed by atoms with Crippen molar-refractivity contribution in [3.8, 4) is 0 Å². The Labute approximate surface area is 91.8 Å². The summed E-state index contributed by atoms with van der Waals surface area (Å²) < 4.78 is 5.52. The molecule has 1 aliphatic carbocycles. The first-order valence-electron chi connectivity index (χ1n) is 5.50. The van der Waals surface area contributed by atoms with E-state index in [1.165, 1.54) is 11.1 Å². The lowest BCUT2D eigenvalue weighted by Gasteiger charge is -1.98. The molecule has 1 fully saturated rings. The van der Waals surface area contributed by atoms with Crippen LogP contribution in [0.25, 0.3) is 0 Å². The minimum Gasteiger partial charge on any atom is -0.380 e. The van der Waals surface area contributed by atoms with Crippen LogP contribution in [-0.4, -0.2) is 13.2 Å². The van der Waals surface area contributed by atoms with Gasteiger partial charge < -0.3 is 4.74 Å². The van der Waals surface area contributed by atoms with Gasteiger partial charge in [0.25, 0.3) is 0 Å². The van der Waals surface area contributed by atoms with Gasteiger partial charge in [-0.05, 0) is 19.4 Å². The van der Waals surface area contributed by atoms with Crippen LogP contribution in [0, 0.1) is 5.92 Å². The minimum atomic E-state index is 0.378. The third kappa shape index (κ3) is 1.84. The molecule has 0 bridgehead atoms. The molecule has 0 aliphatic heterocycles. The van der Waals surface area contributed by atoms with Gasteiger partial charge >= 0.3 is 0 Å². The molecule has 0 radical (unpaired) electrons. The van der Waals surface area contributed by atoms with Crippen molar-refractivity contribution in [1.29, 1.82) is 0 Å². The van der Waals surface area contributed by atoms with Crippen LogP contribution in [0.15, 0.2) is 42.0 Å². The maximum atomic E-state index is 5.52. The van der Waals surface area contributed by atoms with Crippen molar-refractivity contribution in [2.75, 3.05) is 7.11 Å². The van der Waals surface area contributed by atoms with E-state index in [2.05, 4.69) is 50.3 Å². The molecule has 0 aromatic heterocycles. The summed E-state index contributed by atoms with van der Waals surface area (Å²) in [4.78, 5) is 0. The van der Waals surface area contributed by atoms with Crippen LogP contribution in [-0.2, 0) is 4.74 Å². The Bertz CT molecular complexity index is 353. The summed E-state index contributed by atoms with van der Waals surface area (Å²) in [6.07, 6.45) is 2.57. The van der Waals surface area contributed by atoms with Gasteiger partial charge in [-0.1, -0.05) is 42.0 Å². The number of rotatable bonds is 3. The van der Waals surface area contributed by atoms with Gasteiger partial charge in [-0.3, -0.25) is 0 Å². The second-order valence-electron chi connectivity index (χ2n) is 4.20. The number of allylic oxidation sites excluding steroid dienone is 1. The van der Waals surface area contributed by atoms with Crippen molar-refractivity contribution in [2.24, 2.45) is 5.92 Å². The van der Waals surface area contributed by atoms with E-state index in [4.69, 9.17) is 4.74 Å². The van der Waals surface area contributed by atoms with E-state index in [9.17, 15) is 0 Å². The molecule has 2 rings (SSSR count). The molecule has 0 N–H and O–H groups in total. The van der Waals surface area contributed by atoms with Crippen molar-refractivity contribution in [3.63, 3.8) is 0 Å². The molecule has 80 valence electrons. The predicted molar refractivity (Wildman–Crippen MR) is 62.9 cm³/mol. The zero-order valence-electron chi connectivity index (χ0n) is 9.60. The van der Waals surface area contributed by atoms with Crippen LogP contribution < -0.4 is 0 Å². The Kier molecular flexibility index (Phi) is 2.92. The molecule has 1 nitrogen and oxygen atoms in total. The van der Waals surface area contributed by atoms with Gasteiger partial charge in [-0.2, -0.15) is 0 Å². The minimum absolute atomic E-state index is 0.378. The summed E-state index contributed by atoms with van der Waals surface area (Å²) in [6.45, 7) is 4.29. The first kappa shape index (κ1) is 10.4. The largest absolute Gasteiger partial charge is 0.380 e. The second-order valence-corrected chi connectivity index (χ2v) is 4.20. The van der Waals surface area contributed by atoms with Crippen molar-refractivity contribution in [3.05, 3.63) is 47.5 Å². The van der Waals surface area contributed by atoms with Crippen molar-refractivity contribution >= 4 is 0 Å². The van der Waals surface area contributed by atoms with Crippen molar-refractivity contribution in [1.82, 2.24) is 0 Å². The van der Waals surface area contributed by atoms with Gasteiger partial charge in [0.2, 0.25) is 0 Å². The summed E-state index contributed by atoms with van der Waals surface area (Å²) in [5.74, 6) is 1.15. The summed E-state index contributed by atoms with van der Waals surface area (Å²) in [6, 6.07) is 10.6. The predicted octanol–water partition coefficient (Wildman–Crippen LogP) is 3.38. The van der Waals surface area contributed by atoms with Crippen LogP contribution in [0.4, 0.5) is 0 Å². The van der Waals surface area contributed by atoms with E-state index in [1.807, 2.05) is 7.11 Å². The lowest BCUT2D eigenvalue weighted by molar-refractivity contribution is 0.169. The van der Waals surface area contributed by atoms with Crippen LogP contribution in [0.2, 0.25) is 0 Å². The summed E-state index contributed by atoms with van der Waals surface area (Å²) in [7, 11) is 1.81. The molecule has 0 spiro atoms. The highest BCUT2D eigenvalue weighted by Crippen LogP contribution is 2.53. The fraction of sp³-hybridized carbons (Fsp3) is 0.429. The SMILES string of the molecule is C/C=C(/C)C1[C@@H](c2ccccc2)[C@H]1OC. The second kappa shape index (κ2) is 4.19. The smallest absolute Gasteiger partial charge is 0.0718 e. The van der Waals surface area contributed by atoms with Gasteiger partial charge in [0.05, 0.1) is 6.10 Å². The molecule has 1 unspecified atom stereocenters. The molecule has 1 aromatic carbocycles. The number of methoxy groups -OCH3 is 1. The zero-order chi connectivity index (χ0) is 10.8. The third-order valence-corrected chi connectivity index (χ3v) is 3.39. The number of hydrogen-bond acceptors (Lipinski definition) is 1. The Hall–Kier alpha value is -1.08. The molecular weight excluding hydrogens is 184 g/mol. The van der Waals surface area contributed by atoms with Gasteiger partial charge in [0.1, 0.15) is 0 Å². The highest BCUT2D eigenvalue weighted by Gasteiger charge is 2.51. The molecule has 0 saturated heterocycles. The first-order chi connectivity index (χ1) is 7.29. The van der Waals surface area contributed by atoms with Crippen molar-refractivity contribution in [2.45, 2.75) is 25.9 Å². The molecule has 1 aliphatic rings. The Balaban J connectivity index is 2.19. The average Bonchev–Trinajstić information content (AvgIpc) is 3.03. The lowest BCUT2D eigenvalue weighted by atomic mass is 10.1. The molecular formula is C14H18O. The Morgan fingerprint density at radius 3 is 2.47 bits per heavy atom. The quantitative estimate of drug-likeness (QED) is 0.683. The highest BCUT2D eigenvalue weighted by atomic mass is 16.5. The van der Waals surface area contributed by atoms with E-state index in [1.54, 1.807) is 0 Å². The zero-order valence-corrected chi connectivity index (χ0v) is 9.60. The topological polar surface area (TPSA) is 9.23 Å². The molecule has 1 saturated carbocycles. The van der Waals surface area contributed by atoms with Crippen LogP contribution in [0.3, 0.4) is 0 Å². The fourth-order valence-electron chi connectivity index (χ4n) is 2.38. The van der Waals surface area contributed by atoms with Gasteiger partial charge in [0.15, 0.2) is 0 Å². The molecule has 0 amide bonds. The standard InChI is InChI=1S/C14H18O/c1-4-10(2)12-13(14(12)15-3)11-8-6-5-7-9-11/h4-9,12-14H,1-3H3/b10-4-/t12?,13-,14+/m1/s1. The summed E-state index contributed by atoms with van der Waals surface area (Å²) in [5, 5.41) is 0. The van der Waals surface area contributed by atoms with Crippen LogP contribution in [0.1, 0.15) is 25.3 Å². The maximum Gasteiger partial charge on any atom is 0.0718 e. The summed E-state index contributed by atoms with van der Waals surface area (Å²) in [5.41, 5.74) is 2.84. The maximum absolute atomic E-state index is 5.52. The van der Waals surface area contributed by atoms with Crippen molar-refractivity contribution < 1.29 is 4.74 Å². The molecule has 15 heavy (non-hydrogen) atoms. The highest BCUT2D eigenvalue weighted by molar-refractivity contribution is 5.35. The number of hydrogen-bond donors (Lipinski definition) is 0. The number of ether oxygens (including phenoxy) is 1. The molecule has 1 aromatic rings. The first-order valence-corrected chi connectivity index (χ1v) is 5.50. The Morgan fingerprint density at radius 2 is 1.93 bits per heavy atom. The van der Waals surface area contributed by atoms with E-state index < -0.39 is 0 Å². The van der Waals surface area contributed by atoms with E-state index in [0.29, 0.717) is 17.9 Å². The van der Waals surface area contributed by atoms with E-state index in [0.717, 1.165) is 0 Å². The molecule has 0 heterocycles. The van der Waals surface area contributed by atoms with Crippen LogP contribution >= 0.6 is 0 Å². The fourth-order valence-corrected chi connectivity index (χ4v) is 2.38. The monoisotopic (exact) mass is 202 g/mol. The number of benzene rings is 1. The Morgan fingerprint density at radius 1 is 1.27 bits per heavy atom. The van der Waals surface area contributed by atoms with Gasteiger partial charge in [0, 0.05) is 18.9 Å². The summed E-state index contributed by atoms with van der Waals surface area (Å²) >= 11 is 0. The molecule has 1 heteroatoms. The van der Waals surface area contributed by atoms with Gasteiger partial charge in [-0.15, -0.1) is 0 Å². The van der Waals surface area contributed by atoms with Crippen LogP contribution in [0.5, 0.6) is 0 Å². The van der Waals surface area contributed by atoms with Gasteiger partial charge in [-0.25, -0.2) is 0 Å². The third-order valence-electron chi connectivity index (χ3n) is 3.39. The van der Waals surface area contributed by atoms with E-state index in [-0.39, 0.29) is 0 Å². The molecule has 3 atom stereocenters. The average molecular weight is 202 g/mol.